The van der Waals surface area contributed by atoms with Gasteiger partial charge in [-0.1, -0.05) is 71.3 Å². The van der Waals surface area contributed by atoms with Crippen LogP contribution < -0.4 is 0 Å². The van der Waals surface area contributed by atoms with Crippen molar-refractivity contribution in [3.8, 4) is 0 Å². The van der Waals surface area contributed by atoms with Crippen LogP contribution in [-0.4, -0.2) is 17.9 Å². The number of ether oxygens (including phenoxy) is 1. The Bertz CT molecular complexity index is 739. The molecule has 0 amide bonds. The second-order valence-corrected chi connectivity index (χ2v) is 12.3. The number of hydrogen-bond acceptors (Lipinski definition) is 3. The van der Waals surface area contributed by atoms with E-state index in [1.165, 1.54) is 69.8 Å². The Kier molecular flexibility index (Phi) is 8.06. The molecule has 33 heavy (non-hydrogen) atoms. The van der Waals surface area contributed by atoms with Crippen molar-refractivity contribution < 1.29 is 14.3 Å². The van der Waals surface area contributed by atoms with Crippen molar-refractivity contribution >= 4 is 11.8 Å². The molecule has 0 heterocycles. The monoisotopic (exact) mass is 456 g/mol. The second-order valence-electron chi connectivity index (χ2n) is 12.3. The first kappa shape index (κ1) is 25.0. The van der Waals surface area contributed by atoms with E-state index in [-0.39, 0.29) is 22.9 Å². The van der Waals surface area contributed by atoms with Gasteiger partial charge in [0.25, 0.3) is 0 Å². The molecule has 0 aromatic carbocycles. The van der Waals surface area contributed by atoms with Gasteiger partial charge in [-0.05, 0) is 80.6 Å². The van der Waals surface area contributed by atoms with Gasteiger partial charge in [0.1, 0.15) is 6.10 Å². The average Bonchev–Trinajstić information content (AvgIpc) is 3.12. The standard InChI is InChI=1S/C30H48O3/c1-4-5-6-7-8-9-10-11-12-28(32)33-27-16-15-25-24-14-13-22-21-23(31)17-19-29(22,2)26(24)18-20-30(25,27)3/h21,24-27H,4-20H2,1-3H3/t24-,25-,26-,27-,29+,30+/m1/s1. The summed E-state index contributed by atoms with van der Waals surface area (Å²) in [6.45, 7) is 7.13. The van der Waals surface area contributed by atoms with Gasteiger partial charge in [-0.2, -0.15) is 0 Å². The largest absolute Gasteiger partial charge is 0.462 e. The van der Waals surface area contributed by atoms with Gasteiger partial charge in [0.2, 0.25) is 0 Å². The first-order chi connectivity index (χ1) is 15.9. The number of rotatable bonds is 10. The van der Waals surface area contributed by atoms with Crippen LogP contribution in [0.1, 0.15) is 130 Å². The lowest BCUT2D eigenvalue weighted by molar-refractivity contribution is -0.160. The Balaban J connectivity index is 1.27. The van der Waals surface area contributed by atoms with Crippen molar-refractivity contribution in [1.29, 1.82) is 0 Å². The SMILES string of the molecule is CCCCCCCCCCC(=O)O[C@@H]1CC[C@@H]2[C@H]3CCC4=CC(=O)CC[C@]4(C)[C@@H]3CC[C@@]21C. The first-order valence-corrected chi connectivity index (χ1v) is 14.3. The molecular formula is C30H48O3. The van der Waals surface area contributed by atoms with Gasteiger partial charge < -0.3 is 4.74 Å². The highest BCUT2D eigenvalue weighted by Crippen LogP contribution is 2.65. The van der Waals surface area contributed by atoms with Crippen molar-refractivity contribution in [1.82, 2.24) is 0 Å². The number of ketones is 1. The third-order valence-electron chi connectivity index (χ3n) is 10.4. The van der Waals surface area contributed by atoms with Crippen molar-refractivity contribution in [3.63, 3.8) is 0 Å². The van der Waals surface area contributed by atoms with Crippen LogP contribution in [-0.2, 0) is 14.3 Å². The first-order valence-electron chi connectivity index (χ1n) is 14.3. The van der Waals surface area contributed by atoms with Crippen LogP contribution in [0, 0.1) is 28.6 Å². The number of esters is 1. The van der Waals surface area contributed by atoms with Crippen LogP contribution in [0.5, 0.6) is 0 Å². The summed E-state index contributed by atoms with van der Waals surface area (Å²) in [6.07, 6.45) is 21.5. The lowest BCUT2D eigenvalue weighted by Crippen LogP contribution is -2.51. The molecule has 0 aromatic heterocycles. The molecule has 4 aliphatic rings. The third kappa shape index (κ3) is 5.13. The zero-order chi connectivity index (χ0) is 23.5. The number of hydrogen-bond donors (Lipinski definition) is 0. The Morgan fingerprint density at radius 3 is 2.39 bits per heavy atom. The van der Waals surface area contributed by atoms with Crippen molar-refractivity contribution in [2.45, 2.75) is 136 Å². The summed E-state index contributed by atoms with van der Waals surface area (Å²) < 4.78 is 6.17. The van der Waals surface area contributed by atoms with E-state index in [0.29, 0.717) is 24.0 Å². The zero-order valence-electron chi connectivity index (χ0n) is 21.6. The van der Waals surface area contributed by atoms with Gasteiger partial charge >= 0.3 is 5.97 Å². The van der Waals surface area contributed by atoms with Gasteiger partial charge in [-0.25, -0.2) is 0 Å². The van der Waals surface area contributed by atoms with E-state index in [0.717, 1.165) is 44.4 Å². The Labute approximate surface area is 202 Å². The quantitative estimate of drug-likeness (QED) is 0.247. The number of carbonyl (C=O) groups excluding carboxylic acids is 2. The summed E-state index contributed by atoms with van der Waals surface area (Å²) in [6, 6.07) is 0. The lowest BCUT2D eigenvalue weighted by atomic mass is 9.47. The van der Waals surface area contributed by atoms with Crippen LogP contribution in [0.25, 0.3) is 0 Å². The second kappa shape index (κ2) is 10.6. The fourth-order valence-corrected chi connectivity index (χ4v) is 8.33. The van der Waals surface area contributed by atoms with Crippen LogP contribution in [0.4, 0.5) is 0 Å². The van der Waals surface area contributed by atoms with Crippen LogP contribution in [0.2, 0.25) is 0 Å². The molecule has 0 bridgehead atoms. The minimum Gasteiger partial charge on any atom is -0.462 e. The highest BCUT2D eigenvalue weighted by Gasteiger charge is 2.59. The molecule has 6 atom stereocenters. The normalized spacial score (nSPS) is 37.7. The molecule has 0 aliphatic heterocycles. The molecule has 0 radical (unpaired) electrons. The van der Waals surface area contributed by atoms with E-state index in [1.807, 2.05) is 6.08 Å². The molecule has 3 nitrogen and oxygen atoms in total. The maximum Gasteiger partial charge on any atom is 0.306 e. The smallest absolute Gasteiger partial charge is 0.306 e. The Morgan fingerprint density at radius 2 is 1.64 bits per heavy atom. The summed E-state index contributed by atoms with van der Waals surface area (Å²) in [7, 11) is 0. The van der Waals surface area contributed by atoms with Crippen LogP contribution in [0.3, 0.4) is 0 Å². The summed E-state index contributed by atoms with van der Waals surface area (Å²) in [5.41, 5.74) is 1.82. The summed E-state index contributed by atoms with van der Waals surface area (Å²) in [5, 5.41) is 0. The van der Waals surface area contributed by atoms with E-state index in [9.17, 15) is 9.59 Å². The molecule has 0 N–H and O–H groups in total. The third-order valence-corrected chi connectivity index (χ3v) is 10.4. The van der Waals surface area contributed by atoms with E-state index in [2.05, 4.69) is 20.8 Å². The van der Waals surface area contributed by atoms with Gasteiger partial charge in [-0.3, -0.25) is 9.59 Å². The van der Waals surface area contributed by atoms with Crippen LogP contribution in [0.15, 0.2) is 11.6 Å². The molecule has 3 heteroatoms. The molecule has 3 saturated carbocycles. The summed E-state index contributed by atoms with van der Waals surface area (Å²) >= 11 is 0. The molecule has 0 saturated heterocycles. The molecule has 3 fully saturated rings. The number of unbranched alkanes of at least 4 members (excludes halogenated alkanes) is 7. The molecule has 186 valence electrons. The maximum atomic E-state index is 12.7. The van der Waals surface area contributed by atoms with E-state index in [1.54, 1.807) is 0 Å². The van der Waals surface area contributed by atoms with Gasteiger partial charge in [-0.15, -0.1) is 0 Å². The Hall–Kier alpha value is -1.12. The fourth-order valence-electron chi connectivity index (χ4n) is 8.33. The zero-order valence-corrected chi connectivity index (χ0v) is 21.6. The predicted molar refractivity (Wildman–Crippen MR) is 134 cm³/mol. The maximum absolute atomic E-state index is 12.7. The van der Waals surface area contributed by atoms with Crippen LogP contribution >= 0.6 is 0 Å². The molecule has 0 spiro atoms. The van der Waals surface area contributed by atoms with Gasteiger partial charge in [0, 0.05) is 18.3 Å². The number of carbonyl (C=O) groups is 2. The highest BCUT2D eigenvalue weighted by atomic mass is 16.5. The predicted octanol–water partition coefficient (Wildman–Crippen LogP) is 7.96. The van der Waals surface area contributed by atoms with Crippen molar-refractivity contribution in [2.75, 3.05) is 0 Å². The molecule has 0 unspecified atom stereocenters. The summed E-state index contributed by atoms with van der Waals surface area (Å²) in [5.74, 6) is 2.49. The minimum absolute atomic E-state index is 0.0431. The minimum atomic E-state index is 0.0431. The van der Waals surface area contributed by atoms with E-state index < -0.39 is 0 Å². The lowest BCUT2D eigenvalue weighted by Gasteiger charge is -2.57. The Morgan fingerprint density at radius 1 is 0.909 bits per heavy atom. The molecule has 0 aromatic rings. The van der Waals surface area contributed by atoms with Gasteiger partial charge in [0.05, 0.1) is 0 Å². The fraction of sp³-hybridized carbons (Fsp3) is 0.867. The summed E-state index contributed by atoms with van der Waals surface area (Å²) in [4.78, 5) is 24.7. The molecule has 4 rings (SSSR count). The number of allylic oxidation sites excluding steroid dienone is 1. The molecular weight excluding hydrogens is 408 g/mol. The average molecular weight is 457 g/mol. The van der Waals surface area contributed by atoms with Gasteiger partial charge in [0.15, 0.2) is 5.78 Å². The van der Waals surface area contributed by atoms with Crippen molar-refractivity contribution in [2.24, 2.45) is 28.6 Å². The van der Waals surface area contributed by atoms with E-state index in [4.69, 9.17) is 4.74 Å². The molecule has 4 aliphatic carbocycles. The van der Waals surface area contributed by atoms with Crippen molar-refractivity contribution in [3.05, 3.63) is 11.6 Å². The number of fused-ring (bicyclic) bond motifs is 5. The van der Waals surface area contributed by atoms with E-state index >= 15 is 0 Å². The topological polar surface area (TPSA) is 43.4 Å². The highest BCUT2D eigenvalue weighted by molar-refractivity contribution is 5.91.